The van der Waals surface area contributed by atoms with Crippen LogP contribution in [-0.2, 0) is 14.4 Å². The Labute approximate surface area is 126 Å². The highest BCUT2D eigenvalue weighted by Crippen LogP contribution is 2.19. The highest BCUT2D eigenvalue weighted by molar-refractivity contribution is 5.91. The van der Waals surface area contributed by atoms with E-state index in [4.69, 9.17) is 0 Å². The Hall–Kier alpha value is -1.59. The largest absolute Gasteiger partial charge is 0.350 e. The zero-order valence-electron chi connectivity index (χ0n) is 13.7. The van der Waals surface area contributed by atoms with E-state index in [0.717, 1.165) is 0 Å². The molecule has 0 unspecified atom stereocenters. The van der Waals surface area contributed by atoms with Gasteiger partial charge in [-0.15, -0.1) is 0 Å². The molecule has 0 aromatic carbocycles. The smallest absolute Gasteiger partial charge is 0.240 e. The van der Waals surface area contributed by atoms with E-state index in [1.54, 1.807) is 4.90 Å². The number of carbonyl (C=O) groups excluding carboxylic acids is 3. The minimum Gasteiger partial charge on any atom is -0.350 e. The van der Waals surface area contributed by atoms with Crippen molar-refractivity contribution in [3.63, 3.8) is 0 Å². The summed E-state index contributed by atoms with van der Waals surface area (Å²) in [5.74, 6) is -0.578. The molecule has 1 rings (SSSR count). The van der Waals surface area contributed by atoms with Crippen LogP contribution < -0.4 is 5.32 Å². The monoisotopic (exact) mass is 297 g/mol. The lowest BCUT2D eigenvalue weighted by Crippen LogP contribution is -2.48. The van der Waals surface area contributed by atoms with Gasteiger partial charge in [0, 0.05) is 31.6 Å². The van der Waals surface area contributed by atoms with Crippen LogP contribution in [0, 0.1) is 5.92 Å². The lowest BCUT2D eigenvalue weighted by atomic mass is 10.1. The van der Waals surface area contributed by atoms with Gasteiger partial charge in [0.2, 0.25) is 17.7 Å². The normalized spacial score (nSPS) is 18.8. The first kappa shape index (κ1) is 17.5. The summed E-state index contributed by atoms with van der Waals surface area (Å²) >= 11 is 0. The molecular formula is C15H27N3O3. The zero-order valence-corrected chi connectivity index (χ0v) is 13.7. The number of carbonyl (C=O) groups is 3. The van der Waals surface area contributed by atoms with Gasteiger partial charge < -0.3 is 15.1 Å². The number of hydrogen-bond donors (Lipinski definition) is 1. The van der Waals surface area contributed by atoms with Crippen LogP contribution in [-0.4, -0.2) is 59.2 Å². The molecule has 0 spiro atoms. The Bertz CT molecular complexity index is 415. The van der Waals surface area contributed by atoms with E-state index in [9.17, 15) is 14.4 Å². The molecule has 1 heterocycles. The summed E-state index contributed by atoms with van der Waals surface area (Å²) < 4.78 is 0. The van der Waals surface area contributed by atoms with E-state index in [2.05, 4.69) is 5.32 Å². The molecule has 0 saturated carbocycles. The summed E-state index contributed by atoms with van der Waals surface area (Å²) in [6.45, 7) is 11.0. The van der Waals surface area contributed by atoms with Crippen molar-refractivity contribution in [2.75, 3.05) is 26.2 Å². The van der Waals surface area contributed by atoms with Gasteiger partial charge in [0.05, 0.1) is 12.5 Å². The second kappa shape index (κ2) is 6.91. The van der Waals surface area contributed by atoms with E-state index in [-0.39, 0.29) is 42.1 Å². The predicted molar refractivity (Wildman–Crippen MR) is 80.5 cm³/mol. The van der Waals surface area contributed by atoms with E-state index in [1.807, 2.05) is 34.6 Å². The van der Waals surface area contributed by atoms with Crippen LogP contribution in [0.25, 0.3) is 0 Å². The Kier molecular flexibility index (Phi) is 5.75. The third-order valence-electron chi connectivity index (χ3n) is 3.49. The molecule has 1 atom stereocenters. The van der Waals surface area contributed by atoms with Crippen LogP contribution in [0.2, 0.25) is 0 Å². The molecule has 6 nitrogen and oxygen atoms in total. The Balaban J connectivity index is 2.62. The van der Waals surface area contributed by atoms with Crippen LogP contribution in [0.5, 0.6) is 0 Å². The molecule has 1 N–H and O–H groups in total. The summed E-state index contributed by atoms with van der Waals surface area (Å²) in [6.07, 6.45) is 0.254. The maximum Gasteiger partial charge on any atom is 0.240 e. The summed E-state index contributed by atoms with van der Waals surface area (Å²) in [6, 6.07) is 0. The summed E-state index contributed by atoms with van der Waals surface area (Å²) in [4.78, 5) is 39.3. The van der Waals surface area contributed by atoms with Crippen molar-refractivity contribution in [2.45, 2.75) is 46.6 Å². The first-order valence-corrected chi connectivity index (χ1v) is 7.55. The van der Waals surface area contributed by atoms with Crippen molar-refractivity contribution in [3.8, 4) is 0 Å². The van der Waals surface area contributed by atoms with Crippen LogP contribution in [0.1, 0.15) is 41.0 Å². The van der Waals surface area contributed by atoms with Crippen LogP contribution in [0.15, 0.2) is 0 Å². The topological polar surface area (TPSA) is 69.7 Å². The average molecular weight is 297 g/mol. The standard InChI is InChI=1S/C15H27N3O3/c1-6-17-9-11(8-13(17)20)14(21)18(7-2)10-12(19)16-15(3,4)5/h11H,6-10H2,1-5H3,(H,16,19)/t11-/m0/s1. The molecular weight excluding hydrogens is 270 g/mol. The van der Waals surface area contributed by atoms with Crippen LogP contribution >= 0.6 is 0 Å². The SMILES string of the molecule is CCN1C[C@@H](C(=O)N(CC)CC(=O)NC(C)(C)C)CC1=O. The quantitative estimate of drug-likeness (QED) is 0.808. The van der Waals surface area contributed by atoms with E-state index in [0.29, 0.717) is 19.6 Å². The van der Waals surface area contributed by atoms with Crippen molar-refractivity contribution in [1.29, 1.82) is 0 Å². The first-order chi connectivity index (χ1) is 9.67. The highest BCUT2D eigenvalue weighted by atomic mass is 16.2. The summed E-state index contributed by atoms with van der Waals surface area (Å²) in [7, 11) is 0. The maximum atomic E-state index is 12.5. The molecule has 0 aromatic heterocycles. The molecule has 0 aromatic rings. The van der Waals surface area contributed by atoms with Crippen molar-refractivity contribution < 1.29 is 14.4 Å². The fourth-order valence-electron chi connectivity index (χ4n) is 2.48. The molecule has 1 fully saturated rings. The number of amides is 3. The molecule has 1 aliphatic heterocycles. The second-order valence-electron chi connectivity index (χ2n) is 6.48. The second-order valence-corrected chi connectivity index (χ2v) is 6.48. The van der Waals surface area contributed by atoms with Gasteiger partial charge >= 0.3 is 0 Å². The Morgan fingerprint density at radius 3 is 2.38 bits per heavy atom. The van der Waals surface area contributed by atoms with Gasteiger partial charge in [-0.3, -0.25) is 14.4 Å². The third kappa shape index (κ3) is 5.02. The van der Waals surface area contributed by atoms with E-state index in [1.165, 1.54) is 4.90 Å². The van der Waals surface area contributed by atoms with Crippen molar-refractivity contribution in [3.05, 3.63) is 0 Å². The molecule has 0 bridgehead atoms. The van der Waals surface area contributed by atoms with Gasteiger partial charge in [0.25, 0.3) is 0 Å². The van der Waals surface area contributed by atoms with Gasteiger partial charge in [-0.25, -0.2) is 0 Å². The Morgan fingerprint density at radius 2 is 1.95 bits per heavy atom. The lowest BCUT2D eigenvalue weighted by Gasteiger charge is -2.26. The van der Waals surface area contributed by atoms with Gasteiger partial charge in [0.15, 0.2) is 0 Å². The fourth-order valence-corrected chi connectivity index (χ4v) is 2.48. The average Bonchev–Trinajstić information content (AvgIpc) is 2.74. The minimum absolute atomic E-state index is 0.0195. The fraction of sp³-hybridized carbons (Fsp3) is 0.800. The molecule has 6 heteroatoms. The molecule has 0 aliphatic carbocycles. The van der Waals surface area contributed by atoms with Crippen molar-refractivity contribution in [2.24, 2.45) is 5.92 Å². The van der Waals surface area contributed by atoms with E-state index >= 15 is 0 Å². The molecule has 1 aliphatic rings. The predicted octanol–water partition coefficient (Wildman–Crippen LogP) is 0.618. The molecule has 0 radical (unpaired) electrons. The zero-order chi connectivity index (χ0) is 16.2. The molecule has 120 valence electrons. The van der Waals surface area contributed by atoms with Gasteiger partial charge in [-0.1, -0.05) is 0 Å². The summed E-state index contributed by atoms with van der Waals surface area (Å²) in [5, 5.41) is 2.85. The maximum absolute atomic E-state index is 12.5. The first-order valence-electron chi connectivity index (χ1n) is 7.55. The number of likely N-dealkylation sites (N-methyl/N-ethyl adjacent to an activating group) is 1. The molecule has 3 amide bonds. The van der Waals surface area contributed by atoms with Gasteiger partial charge in [0.1, 0.15) is 0 Å². The minimum atomic E-state index is -0.320. The van der Waals surface area contributed by atoms with Crippen molar-refractivity contribution in [1.82, 2.24) is 15.1 Å². The van der Waals surface area contributed by atoms with Gasteiger partial charge in [-0.05, 0) is 34.6 Å². The van der Waals surface area contributed by atoms with Crippen LogP contribution in [0.3, 0.4) is 0 Å². The number of hydrogen-bond acceptors (Lipinski definition) is 3. The van der Waals surface area contributed by atoms with Crippen molar-refractivity contribution >= 4 is 17.7 Å². The molecule has 21 heavy (non-hydrogen) atoms. The summed E-state index contributed by atoms with van der Waals surface area (Å²) in [5.41, 5.74) is -0.318. The lowest BCUT2D eigenvalue weighted by molar-refractivity contribution is -0.139. The number of rotatable bonds is 5. The number of likely N-dealkylation sites (tertiary alicyclic amines) is 1. The number of nitrogens with zero attached hydrogens (tertiary/aromatic N) is 2. The van der Waals surface area contributed by atoms with Crippen LogP contribution in [0.4, 0.5) is 0 Å². The number of nitrogens with one attached hydrogen (secondary N) is 1. The molecule has 1 saturated heterocycles. The third-order valence-corrected chi connectivity index (χ3v) is 3.49. The van der Waals surface area contributed by atoms with Gasteiger partial charge in [-0.2, -0.15) is 0 Å². The Morgan fingerprint density at radius 1 is 1.33 bits per heavy atom. The highest BCUT2D eigenvalue weighted by Gasteiger charge is 2.35. The van der Waals surface area contributed by atoms with E-state index < -0.39 is 0 Å².